The minimum atomic E-state index is 0.290. The van der Waals surface area contributed by atoms with Crippen LogP contribution in [-0.2, 0) is 0 Å². The molecule has 0 saturated heterocycles. The van der Waals surface area contributed by atoms with E-state index in [-0.39, 0.29) is 0 Å². The van der Waals surface area contributed by atoms with E-state index in [1.54, 1.807) is 12.1 Å². The van der Waals surface area contributed by atoms with Crippen molar-refractivity contribution in [2.24, 2.45) is 0 Å². The van der Waals surface area contributed by atoms with Crippen molar-refractivity contribution in [2.75, 3.05) is 0 Å². The van der Waals surface area contributed by atoms with Crippen LogP contribution in [0.15, 0.2) is 73.3 Å². The van der Waals surface area contributed by atoms with Gasteiger partial charge in [-0.1, -0.05) is 60.7 Å². The van der Waals surface area contributed by atoms with Gasteiger partial charge in [-0.25, -0.2) is 0 Å². The molecule has 2 rings (SSSR count). The number of hydrogen-bond acceptors (Lipinski definition) is 1. The molecule has 0 fully saturated rings. The zero-order chi connectivity index (χ0) is 13.5. The van der Waals surface area contributed by atoms with Gasteiger partial charge in [-0.15, -0.1) is 6.58 Å². The molecule has 2 aromatic rings. The Hall–Kier alpha value is -2.28. The zero-order valence-corrected chi connectivity index (χ0v) is 10.9. The summed E-state index contributed by atoms with van der Waals surface area (Å²) in [7, 11) is 0. The molecule has 19 heavy (non-hydrogen) atoms. The zero-order valence-electron chi connectivity index (χ0n) is 10.9. The van der Waals surface area contributed by atoms with Gasteiger partial charge in [0.15, 0.2) is 0 Å². The van der Waals surface area contributed by atoms with E-state index in [1.807, 2.05) is 36.4 Å². The van der Waals surface area contributed by atoms with Crippen molar-refractivity contribution in [1.29, 1.82) is 0 Å². The van der Waals surface area contributed by atoms with Gasteiger partial charge in [-0.3, -0.25) is 0 Å². The molecule has 0 aliphatic heterocycles. The second-order valence-corrected chi connectivity index (χ2v) is 4.49. The molecule has 0 aromatic heterocycles. The second kappa shape index (κ2) is 6.60. The van der Waals surface area contributed by atoms with Crippen molar-refractivity contribution in [3.05, 3.63) is 84.5 Å². The van der Waals surface area contributed by atoms with E-state index in [0.29, 0.717) is 11.7 Å². The second-order valence-electron chi connectivity index (χ2n) is 4.49. The van der Waals surface area contributed by atoms with Crippen LogP contribution in [0.25, 0.3) is 6.08 Å². The summed E-state index contributed by atoms with van der Waals surface area (Å²) >= 11 is 0. The minimum absolute atomic E-state index is 0.290. The number of benzene rings is 2. The van der Waals surface area contributed by atoms with Crippen molar-refractivity contribution < 1.29 is 5.11 Å². The molecule has 0 saturated carbocycles. The maximum Gasteiger partial charge on any atom is 0.115 e. The summed E-state index contributed by atoms with van der Waals surface area (Å²) < 4.78 is 0. The monoisotopic (exact) mass is 250 g/mol. The maximum absolute atomic E-state index is 9.34. The van der Waals surface area contributed by atoms with Crippen molar-refractivity contribution in [3.63, 3.8) is 0 Å². The van der Waals surface area contributed by atoms with Crippen LogP contribution in [-0.4, -0.2) is 5.11 Å². The highest BCUT2D eigenvalue weighted by Gasteiger charge is 2.05. The molecular weight excluding hydrogens is 232 g/mol. The Morgan fingerprint density at radius 1 is 1.00 bits per heavy atom. The number of aromatic hydroxyl groups is 1. The van der Waals surface area contributed by atoms with Gasteiger partial charge in [-0.2, -0.15) is 0 Å². The minimum Gasteiger partial charge on any atom is -0.508 e. The van der Waals surface area contributed by atoms with Crippen LogP contribution in [0.3, 0.4) is 0 Å². The van der Waals surface area contributed by atoms with Crippen LogP contribution in [0.4, 0.5) is 0 Å². The van der Waals surface area contributed by atoms with Crippen molar-refractivity contribution in [3.8, 4) is 5.75 Å². The number of phenolic OH excluding ortho intramolecular Hbond substituents is 1. The lowest BCUT2D eigenvalue weighted by molar-refractivity contribution is 0.475. The summed E-state index contributed by atoms with van der Waals surface area (Å²) in [5.41, 5.74) is 2.38. The molecule has 0 aliphatic rings. The van der Waals surface area contributed by atoms with Crippen LogP contribution in [0.5, 0.6) is 5.75 Å². The SMILES string of the molecule is C=CCC(/C=C/c1ccccc1)c1ccc(O)cc1. The lowest BCUT2D eigenvalue weighted by atomic mass is 9.94. The fourth-order valence-electron chi connectivity index (χ4n) is 2.02. The average molecular weight is 250 g/mol. The molecule has 0 aliphatic carbocycles. The van der Waals surface area contributed by atoms with Crippen molar-refractivity contribution in [1.82, 2.24) is 0 Å². The lowest BCUT2D eigenvalue weighted by Crippen LogP contribution is -1.93. The Kier molecular flexibility index (Phi) is 4.57. The van der Waals surface area contributed by atoms with Crippen LogP contribution in [0.1, 0.15) is 23.5 Å². The van der Waals surface area contributed by atoms with E-state index in [4.69, 9.17) is 0 Å². The Morgan fingerprint density at radius 2 is 1.68 bits per heavy atom. The van der Waals surface area contributed by atoms with Crippen LogP contribution >= 0.6 is 0 Å². The first-order valence-electron chi connectivity index (χ1n) is 6.42. The van der Waals surface area contributed by atoms with Crippen molar-refractivity contribution >= 4 is 6.08 Å². The van der Waals surface area contributed by atoms with E-state index in [9.17, 15) is 5.11 Å². The van der Waals surface area contributed by atoms with Gasteiger partial charge in [0.1, 0.15) is 5.75 Å². The van der Waals surface area contributed by atoms with Crippen molar-refractivity contribution in [2.45, 2.75) is 12.3 Å². The topological polar surface area (TPSA) is 20.2 Å². The summed E-state index contributed by atoms with van der Waals surface area (Å²) in [6, 6.07) is 17.6. The van der Waals surface area contributed by atoms with E-state index in [2.05, 4.69) is 30.9 Å². The summed E-state index contributed by atoms with van der Waals surface area (Å²) in [4.78, 5) is 0. The standard InChI is InChI=1S/C18H18O/c1-2-6-16(17-11-13-18(19)14-12-17)10-9-15-7-4-3-5-8-15/h2-5,7-14,16,19H,1,6H2/b10-9+. The molecule has 1 atom stereocenters. The highest BCUT2D eigenvalue weighted by molar-refractivity contribution is 5.50. The molecule has 0 radical (unpaired) electrons. The quantitative estimate of drug-likeness (QED) is 0.758. The van der Waals surface area contributed by atoms with Gasteiger partial charge in [0.2, 0.25) is 0 Å². The predicted octanol–water partition coefficient (Wildman–Crippen LogP) is 4.77. The predicted molar refractivity (Wildman–Crippen MR) is 81.1 cm³/mol. The largest absolute Gasteiger partial charge is 0.508 e. The number of phenols is 1. The summed E-state index contributed by atoms with van der Waals surface area (Å²) in [5, 5.41) is 9.34. The molecule has 0 spiro atoms. The van der Waals surface area contributed by atoms with Crippen LogP contribution in [0, 0.1) is 0 Å². The Labute approximate surface area is 114 Å². The normalized spacial score (nSPS) is 12.4. The van der Waals surface area contributed by atoms with Gasteiger partial charge in [0.05, 0.1) is 0 Å². The molecule has 2 aromatic carbocycles. The van der Waals surface area contributed by atoms with Gasteiger partial charge < -0.3 is 5.11 Å². The van der Waals surface area contributed by atoms with Gasteiger partial charge >= 0.3 is 0 Å². The van der Waals surface area contributed by atoms with Crippen LogP contribution in [0.2, 0.25) is 0 Å². The fourth-order valence-corrected chi connectivity index (χ4v) is 2.02. The molecular formula is C18H18O. The molecule has 0 bridgehead atoms. The third-order valence-corrected chi connectivity index (χ3v) is 3.06. The Balaban J connectivity index is 2.18. The molecule has 1 nitrogen and oxygen atoms in total. The average Bonchev–Trinajstić information content (AvgIpc) is 2.46. The Morgan fingerprint density at radius 3 is 2.32 bits per heavy atom. The lowest BCUT2D eigenvalue weighted by Gasteiger charge is -2.11. The van der Waals surface area contributed by atoms with Gasteiger partial charge in [-0.05, 0) is 29.7 Å². The highest BCUT2D eigenvalue weighted by atomic mass is 16.3. The van der Waals surface area contributed by atoms with Gasteiger partial charge in [0.25, 0.3) is 0 Å². The van der Waals surface area contributed by atoms with E-state index >= 15 is 0 Å². The third-order valence-electron chi connectivity index (χ3n) is 3.06. The molecule has 1 heteroatoms. The van der Waals surface area contributed by atoms with Gasteiger partial charge in [0, 0.05) is 5.92 Å². The highest BCUT2D eigenvalue weighted by Crippen LogP contribution is 2.24. The maximum atomic E-state index is 9.34. The van der Waals surface area contributed by atoms with E-state index < -0.39 is 0 Å². The molecule has 1 N–H and O–H groups in total. The Bertz CT molecular complexity index is 538. The summed E-state index contributed by atoms with van der Waals surface area (Å²) in [6.07, 6.45) is 7.12. The van der Waals surface area contributed by atoms with E-state index in [0.717, 1.165) is 6.42 Å². The number of rotatable bonds is 5. The smallest absolute Gasteiger partial charge is 0.115 e. The number of allylic oxidation sites excluding steroid dienone is 2. The summed E-state index contributed by atoms with van der Waals surface area (Å²) in [6.45, 7) is 3.82. The molecule has 0 amide bonds. The fraction of sp³-hybridized carbons (Fsp3) is 0.111. The first-order valence-corrected chi connectivity index (χ1v) is 6.42. The summed E-state index contributed by atoms with van der Waals surface area (Å²) in [5.74, 6) is 0.589. The molecule has 96 valence electrons. The molecule has 0 heterocycles. The van der Waals surface area contributed by atoms with E-state index in [1.165, 1.54) is 11.1 Å². The first-order chi connectivity index (χ1) is 9.29. The molecule has 1 unspecified atom stereocenters. The third kappa shape index (κ3) is 3.85. The first kappa shape index (κ1) is 13.2. The number of hydrogen-bond donors (Lipinski definition) is 1. The van der Waals surface area contributed by atoms with Crippen LogP contribution < -0.4 is 0 Å².